The maximum Gasteiger partial charge on any atom is 0.264 e. The zero-order chi connectivity index (χ0) is 32.6. The maximum atomic E-state index is 14.5. The summed E-state index contributed by atoms with van der Waals surface area (Å²) < 4.78 is 30.3. The predicted octanol–water partition coefficient (Wildman–Crippen LogP) is 7.16. The highest BCUT2D eigenvalue weighted by atomic mass is 79.9. The van der Waals surface area contributed by atoms with Crippen molar-refractivity contribution in [3.63, 3.8) is 0 Å². The first-order valence-corrected chi connectivity index (χ1v) is 17.3. The summed E-state index contributed by atoms with van der Waals surface area (Å²) in [5, 5.41) is 3.44. The lowest BCUT2D eigenvalue weighted by Gasteiger charge is -2.34. The third-order valence-electron chi connectivity index (χ3n) is 7.60. The van der Waals surface area contributed by atoms with Gasteiger partial charge in [0.2, 0.25) is 11.8 Å². The minimum absolute atomic E-state index is 0.00207. The van der Waals surface area contributed by atoms with E-state index in [0.717, 1.165) is 19.9 Å². The fourth-order valence-electron chi connectivity index (χ4n) is 4.87. The highest BCUT2D eigenvalue weighted by molar-refractivity contribution is 9.10. The van der Waals surface area contributed by atoms with Gasteiger partial charge in [-0.05, 0) is 79.4 Å². The molecule has 0 saturated heterocycles. The van der Waals surface area contributed by atoms with Gasteiger partial charge >= 0.3 is 0 Å². The minimum Gasteiger partial charge on any atom is -0.352 e. The molecule has 4 rings (SSSR count). The maximum absolute atomic E-state index is 14.5. The van der Waals surface area contributed by atoms with Crippen LogP contribution in [0.1, 0.15) is 37.0 Å². The van der Waals surface area contributed by atoms with E-state index in [-0.39, 0.29) is 29.8 Å². The van der Waals surface area contributed by atoms with Crippen LogP contribution in [0.2, 0.25) is 5.02 Å². The van der Waals surface area contributed by atoms with Gasteiger partial charge in [0.1, 0.15) is 12.6 Å². The molecule has 0 aliphatic carbocycles. The zero-order valence-corrected chi connectivity index (χ0v) is 28.6. The number of sulfonamides is 1. The highest BCUT2D eigenvalue weighted by Crippen LogP contribution is 2.28. The summed E-state index contributed by atoms with van der Waals surface area (Å²) in [4.78, 5) is 29.9. The van der Waals surface area contributed by atoms with E-state index in [9.17, 15) is 18.0 Å². The van der Waals surface area contributed by atoms with Gasteiger partial charge in [0.15, 0.2) is 0 Å². The van der Waals surface area contributed by atoms with E-state index in [1.54, 1.807) is 25.1 Å². The first-order valence-electron chi connectivity index (χ1n) is 14.7. The second-order valence-electron chi connectivity index (χ2n) is 10.9. The van der Waals surface area contributed by atoms with Gasteiger partial charge in [0.25, 0.3) is 10.0 Å². The summed E-state index contributed by atoms with van der Waals surface area (Å²) in [6.07, 6.45) is 0.963. The quantitative estimate of drug-likeness (QED) is 0.160. The Morgan fingerprint density at radius 2 is 1.49 bits per heavy atom. The lowest BCUT2D eigenvalue weighted by atomic mass is 10.0. The number of para-hydroxylation sites is 1. The van der Waals surface area contributed by atoms with Crippen molar-refractivity contribution in [1.82, 2.24) is 10.2 Å². The third kappa shape index (κ3) is 8.96. The largest absolute Gasteiger partial charge is 0.352 e. The molecule has 1 N–H and O–H groups in total. The molecule has 0 spiro atoms. The lowest BCUT2D eigenvalue weighted by Crippen LogP contribution is -2.54. The Labute approximate surface area is 279 Å². The molecule has 236 valence electrons. The van der Waals surface area contributed by atoms with E-state index in [2.05, 4.69) is 21.2 Å². The third-order valence-corrected chi connectivity index (χ3v) is 10.2. The molecular formula is C35H37BrClN3O4S. The Bertz CT molecular complexity index is 1700. The van der Waals surface area contributed by atoms with Crippen LogP contribution in [-0.4, -0.2) is 43.8 Å². The van der Waals surface area contributed by atoms with E-state index < -0.39 is 28.5 Å². The van der Waals surface area contributed by atoms with Crippen molar-refractivity contribution in [3.8, 4) is 0 Å². The van der Waals surface area contributed by atoms with Crippen molar-refractivity contribution in [1.29, 1.82) is 0 Å². The van der Waals surface area contributed by atoms with E-state index in [0.29, 0.717) is 22.7 Å². The van der Waals surface area contributed by atoms with Gasteiger partial charge in [0.05, 0.1) is 10.6 Å². The zero-order valence-electron chi connectivity index (χ0n) is 25.5. The minimum atomic E-state index is -4.21. The van der Waals surface area contributed by atoms with Gasteiger partial charge in [-0.15, -0.1) is 0 Å². The number of anilines is 1. The molecule has 0 bridgehead atoms. The summed E-state index contributed by atoms with van der Waals surface area (Å²) in [7, 11) is -4.21. The Kier molecular flexibility index (Phi) is 11.8. The van der Waals surface area contributed by atoms with Crippen molar-refractivity contribution < 1.29 is 18.0 Å². The molecule has 0 fully saturated rings. The van der Waals surface area contributed by atoms with E-state index >= 15 is 0 Å². The van der Waals surface area contributed by atoms with Crippen LogP contribution in [-0.2, 0) is 32.6 Å². The first kappa shape index (κ1) is 34.2. The Balaban J connectivity index is 1.81. The van der Waals surface area contributed by atoms with Gasteiger partial charge in [-0.1, -0.05) is 95.1 Å². The molecular weight excluding hydrogens is 674 g/mol. The SMILES string of the molecule is CC[C@@H](C)NC(=O)[C@@H](Cc1ccccc1)N(Cc1ccc(Br)cc1)C(=O)CN(c1ccccc1C)S(=O)(=O)c1ccc(Cl)cc1. The van der Waals surface area contributed by atoms with Gasteiger partial charge in [0, 0.05) is 28.5 Å². The average Bonchev–Trinajstić information content (AvgIpc) is 3.03. The number of nitrogens with one attached hydrogen (secondary N) is 1. The number of carbonyl (C=O) groups is 2. The van der Waals surface area contributed by atoms with Gasteiger partial charge in [-0.2, -0.15) is 0 Å². The Morgan fingerprint density at radius 3 is 2.11 bits per heavy atom. The number of halogens is 2. The van der Waals surface area contributed by atoms with Crippen LogP contribution in [0, 0.1) is 6.92 Å². The van der Waals surface area contributed by atoms with Crippen LogP contribution in [0.15, 0.2) is 112 Å². The van der Waals surface area contributed by atoms with Gasteiger partial charge in [-0.3, -0.25) is 13.9 Å². The van der Waals surface area contributed by atoms with E-state index in [1.807, 2.05) is 74.5 Å². The molecule has 0 aliphatic heterocycles. The standard InChI is InChI=1S/C35H37BrClN3O4S/c1-4-26(3)38-35(42)33(22-27-11-6-5-7-12-27)39(23-28-14-16-29(36)17-15-28)34(41)24-40(32-13-9-8-10-25(32)2)45(43,44)31-20-18-30(37)19-21-31/h5-21,26,33H,4,22-24H2,1-3H3,(H,38,42)/t26-,33-/m1/s1. The van der Waals surface area contributed by atoms with E-state index in [4.69, 9.17) is 11.6 Å². The van der Waals surface area contributed by atoms with Crippen LogP contribution in [0.3, 0.4) is 0 Å². The van der Waals surface area contributed by atoms with Crippen molar-refractivity contribution in [3.05, 3.63) is 129 Å². The molecule has 0 saturated carbocycles. The lowest BCUT2D eigenvalue weighted by molar-refractivity contribution is -0.140. The fraction of sp³-hybridized carbons (Fsp3) is 0.257. The van der Waals surface area contributed by atoms with E-state index in [1.165, 1.54) is 29.2 Å². The van der Waals surface area contributed by atoms with Crippen LogP contribution in [0.4, 0.5) is 5.69 Å². The molecule has 4 aromatic carbocycles. The number of hydrogen-bond acceptors (Lipinski definition) is 4. The van der Waals surface area contributed by atoms with Crippen LogP contribution < -0.4 is 9.62 Å². The summed E-state index contributed by atoms with van der Waals surface area (Å²) in [6.45, 7) is 5.26. The summed E-state index contributed by atoms with van der Waals surface area (Å²) in [6, 6.07) is 28.8. The molecule has 10 heteroatoms. The van der Waals surface area contributed by atoms with Crippen LogP contribution in [0.25, 0.3) is 0 Å². The second-order valence-corrected chi connectivity index (χ2v) is 14.1. The van der Waals surface area contributed by atoms with Crippen LogP contribution >= 0.6 is 27.5 Å². The summed E-state index contributed by atoms with van der Waals surface area (Å²) in [5.74, 6) is -0.819. The van der Waals surface area contributed by atoms with Gasteiger partial charge < -0.3 is 10.2 Å². The number of nitrogens with zero attached hydrogens (tertiary/aromatic N) is 2. The monoisotopic (exact) mass is 709 g/mol. The van der Waals surface area contributed by atoms with Gasteiger partial charge in [-0.25, -0.2) is 8.42 Å². The molecule has 7 nitrogen and oxygen atoms in total. The highest BCUT2D eigenvalue weighted by Gasteiger charge is 2.35. The van der Waals surface area contributed by atoms with Crippen molar-refractivity contribution in [2.45, 2.75) is 57.1 Å². The molecule has 2 atom stereocenters. The van der Waals surface area contributed by atoms with Crippen LogP contribution in [0.5, 0.6) is 0 Å². The molecule has 4 aromatic rings. The number of hydrogen-bond donors (Lipinski definition) is 1. The molecule has 0 aromatic heterocycles. The molecule has 0 heterocycles. The number of amides is 2. The first-order chi connectivity index (χ1) is 21.5. The smallest absolute Gasteiger partial charge is 0.264 e. The number of benzene rings is 4. The molecule has 45 heavy (non-hydrogen) atoms. The molecule has 0 unspecified atom stereocenters. The van der Waals surface area contributed by atoms with Crippen molar-refractivity contribution in [2.24, 2.45) is 0 Å². The summed E-state index contributed by atoms with van der Waals surface area (Å²) >= 11 is 9.52. The fourth-order valence-corrected chi connectivity index (χ4v) is 6.74. The van der Waals surface area contributed by atoms with Crippen molar-refractivity contribution >= 4 is 55.1 Å². The predicted molar refractivity (Wildman–Crippen MR) is 184 cm³/mol. The second kappa shape index (κ2) is 15.6. The number of rotatable bonds is 13. The molecule has 0 aliphatic rings. The normalized spacial score (nSPS) is 12.6. The topological polar surface area (TPSA) is 86.8 Å². The molecule has 2 amide bonds. The number of aryl methyl sites for hydroxylation is 1. The Morgan fingerprint density at radius 1 is 0.867 bits per heavy atom. The molecule has 0 radical (unpaired) electrons. The number of carbonyl (C=O) groups excluding carboxylic acids is 2. The average molecular weight is 711 g/mol. The Hall–Kier alpha value is -3.66. The van der Waals surface area contributed by atoms with Crippen molar-refractivity contribution in [2.75, 3.05) is 10.8 Å². The summed E-state index contributed by atoms with van der Waals surface area (Å²) in [5.41, 5.74) is 2.72.